The van der Waals surface area contributed by atoms with Crippen molar-refractivity contribution < 1.29 is 9.18 Å². The predicted molar refractivity (Wildman–Crippen MR) is 97.6 cm³/mol. The number of fused-ring (bicyclic) bond motifs is 1. The lowest BCUT2D eigenvalue weighted by Gasteiger charge is -2.29. The third-order valence-electron chi connectivity index (χ3n) is 4.81. The van der Waals surface area contributed by atoms with Gasteiger partial charge in [0.2, 0.25) is 5.91 Å². The van der Waals surface area contributed by atoms with E-state index >= 15 is 0 Å². The fraction of sp³-hybridized carbons (Fsp3) is 0.500. The van der Waals surface area contributed by atoms with E-state index in [1.54, 1.807) is 12.3 Å². The van der Waals surface area contributed by atoms with E-state index in [0.717, 1.165) is 42.1 Å². The van der Waals surface area contributed by atoms with Gasteiger partial charge in [0.05, 0.1) is 5.52 Å². The van der Waals surface area contributed by atoms with E-state index in [-0.39, 0.29) is 29.7 Å². The predicted octanol–water partition coefficient (Wildman–Crippen LogP) is 3.55. The summed E-state index contributed by atoms with van der Waals surface area (Å²) < 4.78 is 13.8. The monoisotopic (exact) mass is 343 g/mol. The first-order valence-corrected chi connectivity index (χ1v) is 9.10. The van der Waals surface area contributed by atoms with E-state index in [2.05, 4.69) is 15.6 Å². The van der Waals surface area contributed by atoms with Crippen LogP contribution in [0.2, 0.25) is 0 Å². The van der Waals surface area contributed by atoms with E-state index in [1.165, 1.54) is 6.07 Å². The minimum atomic E-state index is -0.241. The molecular formula is C20H26FN3O. The number of amides is 1. The van der Waals surface area contributed by atoms with E-state index in [4.69, 9.17) is 0 Å². The number of benzene rings is 1. The van der Waals surface area contributed by atoms with Crippen LogP contribution in [0, 0.1) is 11.7 Å². The van der Waals surface area contributed by atoms with Gasteiger partial charge in [0.15, 0.2) is 0 Å². The summed E-state index contributed by atoms with van der Waals surface area (Å²) in [6.45, 7) is 4.53. The van der Waals surface area contributed by atoms with E-state index in [1.807, 2.05) is 26.0 Å². The van der Waals surface area contributed by atoms with Crippen LogP contribution in [-0.4, -0.2) is 23.0 Å². The molecule has 0 radical (unpaired) electrons. The zero-order valence-corrected chi connectivity index (χ0v) is 14.9. The van der Waals surface area contributed by atoms with Gasteiger partial charge in [-0.3, -0.25) is 9.78 Å². The van der Waals surface area contributed by atoms with Gasteiger partial charge in [-0.15, -0.1) is 0 Å². The lowest BCUT2D eigenvalue weighted by atomic mass is 9.85. The Morgan fingerprint density at radius 3 is 3.00 bits per heavy atom. The molecule has 2 atom stereocenters. The number of aromatic nitrogens is 1. The second-order valence-corrected chi connectivity index (χ2v) is 7.24. The summed E-state index contributed by atoms with van der Waals surface area (Å²) >= 11 is 0. The lowest BCUT2D eigenvalue weighted by molar-refractivity contribution is -0.126. The van der Waals surface area contributed by atoms with Crippen LogP contribution >= 0.6 is 0 Å². The van der Waals surface area contributed by atoms with Gasteiger partial charge < -0.3 is 10.6 Å². The summed E-state index contributed by atoms with van der Waals surface area (Å²) in [6, 6.07) is 7.21. The van der Waals surface area contributed by atoms with Gasteiger partial charge in [-0.2, -0.15) is 0 Å². The summed E-state index contributed by atoms with van der Waals surface area (Å²) in [5, 5.41) is 7.34. The normalized spacial score (nSPS) is 20.8. The number of rotatable bonds is 5. The van der Waals surface area contributed by atoms with Gasteiger partial charge >= 0.3 is 0 Å². The first-order chi connectivity index (χ1) is 12.0. The summed E-state index contributed by atoms with van der Waals surface area (Å²) in [6.07, 6.45) is 5.60. The van der Waals surface area contributed by atoms with Gasteiger partial charge in [-0.05, 0) is 56.9 Å². The van der Waals surface area contributed by atoms with E-state index in [9.17, 15) is 9.18 Å². The number of hydrogen-bond acceptors (Lipinski definition) is 3. The van der Waals surface area contributed by atoms with Crippen LogP contribution in [0.5, 0.6) is 0 Å². The van der Waals surface area contributed by atoms with E-state index in [0.29, 0.717) is 6.54 Å². The van der Waals surface area contributed by atoms with Crippen molar-refractivity contribution in [3.8, 4) is 0 Å². The highest BCUT2D eigenvalue weighted by Gasteiger charge is 2.27. The minimum Gasteiger partial charge on any atom is -0.354 e. The first-order valence-electron chi connectivity index (χ1n) is 9.10. The molecular weight excluding hydrogens is 317 g/mol. The molecule has 3 rings (SSSR count). The smallest absolute Gasteiger partial charge is 0.223 e. The summed E-state index contributed by atoms with van der Waals surface area (Å²) in [5.74, 6) is -0.0227. The number of nitrogens with zero attached hydrogens (tertiary/aromatic N) is 1. The van der Waals surface area contributed by atoms with Crippen LogP contribution in [-0.2, 0) is 11.3 Å². The van der Waals surface area contributed by atoms with Crippen LogP contribution < -0.4 is 10.6 Å². The van der Waals surface area contributed by atoms with Crippen molar-refractivity contribution in [3.05, 3.63) is 41.8 Å². The highest BCUT2D eigenvalue weighted by molar-refractivity contribution is 5.81. The molecule has 1 fully saturated rings. The Kier molecular flexibility index (Phi) is 5.63. The summed E-state index contributed by atoms with van der Waals surface area (Å²) in [5.41, 5.74) is 1.70. The Morgan fingerprint density at radius 2 is 2.20 bits per heavy atom. The molecule has 0 unspecified atom stereocenters. The average molecular weight is 343 g/mol. The number of carbonyl (C=O) groups excluding carboxylic acids is 1. The number of carbonyl (C=O) groups is 1. The van der Waals surface area contributed by atoms with Crippen molar-refractivity contribution in [1.29, 1.82) is 0 Å². The number of hydrogen-bond donors (Lipinski definition) is 2. The molecule has 1 saturated carbocycles. The Hall–Kier alpha value is -2.01. The molecule has 25 heavy (non-hydrogen) atoms. The van der Waals surface area contributed by atoms with Gasteiger partial charge in [0, 0.05) is 36.1 Å². The Labute approximate surface area is 148 Å². The fourth-order valence-electron chi connectivity index (χ4n) is 3.63. The molecule has 0 spiro atoms. The number of halogens is 1. The molecule has 0 aliphatic heterocycles. The van der Waals surface area contributed by atoms with Crippen molar-refractivity contribution in [2.45, 2.75) is 58.2 Å². The first kappa shape index (κ1) is 17.8. The zero-order chi connectivity index (χ0) is 17.8. The molecule has 1 amide bonds. The van der Waals surface area contributed by atoms with E-state index < -0.39 is 0 Å². The van der Waals surface area contributed by atoms with Gasteiger partial charge in [0.1, 0.15) is 5.82 Å². The topological polar surface area (TPSA) is 54.0 Å². The molecule has 1 heterocycles. The number of pyridine rings is 1. The Morgan fingerprint density at radius 1 is 1.36 bits per heavy atom. The molecule has 1 aliphatic rings. The van der Waals surface area contributed by atoms with Gasteiger partial charge in [-0.1, -0.05) is 12.5 Å². The lowest BCUT2D eigenvalue weighted by Crippen LogP contribution is -2.42. The molecule has 0 bridgehead atoms. The highest BCUT2D eigenvalue weighted by Crippen LogP contribution is 2.25. The standard InChI is InChI=1S/C20H26FN3O/c1-13(2)24-20(25)15-5-3-7-18(11-15)23-12-16-10-17(21)9-14-6-4-8-22-19(14)16/h4,6,8-10,13,15,18,23H,3,5,7,11-12H2,1-2H3,(H,24,25)/t15-,18-/m1/s1. The largest absolute Gasteiger partial charge is 0.354 e. The van der Waals surface area contributed by atoms with Crippen molar-refractivity contribution in [2.24, 2.45) is 5.92 Å². The Balaban J connectivity index is 1.65. The maximum atomic E-state index is 13.8. The molecule has 1 aromatic carbocycles. The molecule has 2 aromatic rings. The van der Waals surface area contributed by atoms with Crippen LogP contribution in [0.3, 0.4) is 0 Å². The molecule has 1 aliphatic carbocycles. The quantitative estimate of drug-likeness (QED) is 0.873. The third kappa shape index (κ3) is 4.54. The minimum absolute atomic E-state index is 0.0658. The SMILES string of the molecule is CC(C)NC(=O)[C@@H]1CCC[C@@H](NCc2cc(F)cc3cccnc23)C1. The molecule has 134 valence electrons. The van der Waals surface area contributed by atoms with Crippen molar-refractivity contribution >= 4 is 16.8 Å². The fourth-order valence-corrected chi connectivity index (χ4v) is 3.63. The van der Waals surface area contributed by atoms with Crippen LogP contribution in [0.1, 0.15) is 45.1 Å². The molecule has 2 N–H and O–H groups in total. The van der Waals surface area contributed by atoms with Crippen LogP contribution in [0.25, 0.3) is 10.9 Å². The van der Waals surface area contributed by atoms with Crippen LogP contribution in [0.4, 0.5) is 4.39 Å². The molecule has 4 nitrogen and oxygen atoms in total. The zero-order valence-electron chi connectivity index (χ0n) is 14.9. The van der Waals surface area contributed by atoms with Crippen molar-refractivity contribution in [1.82, 2.24) is 15.6 Å². The molecule has 5 heteroatoms. The molecule has 0 saturated heterocycles. The third-order valence-corrected chi connectivity index (χ3v) is 4.81. The van der Waals surface area contributed by atoms with Crippen molar-refractivity contribution in [2.75, 3.05) is 0 Å². The van der Waals surface area contributed by atoms with Crippen molar-refractivity contribution in [3.63, 3.8) is 0 Å². The average Bonchev–Trinajstić information content (AvgIpc) is 2.59. The Bertz CT molecular complexity index is 747. The summed E-state index contributed by atoms with van der Waals surface area (Å²) in [7, 11) is 0. The second kappa shape index (κ2) is 7.91. The highest BCUT2D eigenvalue weighted by atomic mass is 19.1. The maximum absolute atomic E-state index is 13.8. The maximum Gasteiger partial charge on any atom is 0.223 e. The van der Waals surface area contributed by atoms with Gasteiger partial charge in [-0.25, -0.2) is 4.39 Å². The van der Waals surface area contributed by atoms with Gasteiger partial charge in [0.25, 0.3) is 0 Å². The van der Waals surface area contributed by atoms with Crippen LogP contribution in [0.15, 0.2) is 30.5 Å². The summed E-state index contributed by atoms with van der Waals surface area (Å²) in [4.78, 5) is 16.6. The number of nitrogens with one attached hydrogen (secondary N) is 2. The molecule has 1 aromatic heterocycles. The second-order valence-electron chi connectivity index (χ2n) is 7.24.